The van der Waals surface area contributed by atoms with Gasteiger partial charge in [-0.05, 0) is 71.9 Å². The number of benzene rings is 4. The van der Waals surface area contributed by atoms with Gasteiger partial charge in [0.25, 0.3) is 0 Å². The molecule has 0 saturated carbocycles. The van der Waals surface area contributed by atoms with Gasteiger partial charge in [-0.3, -0.25) is 0 Å². The Morgan fingerprint density at radius 2 is 1.25 bits per heavy atom. The molecule has 0 amide bonds. The van der Waals surface area contributed by atoms with E-state index < -0.39 is 16.3 Å². The number of rotatable bonds is 24. The van der Waals surface area contributed by atoms with Crippen LogP contribution in [0.2, 0.25) is 0 Å². The number of hydrogen-bond donors (Lipinski definition) is 2. The number of aliphatic hydroxyl groups excluding tert-OH is 1. The van der Waals surface area contributed by atoms with Crippen molar-refractivity contribution >= 4 is 10.0 Å². The number of unbranched alkanes of at least 4 members (excludes halogenated alkanes) is 10. The van der Waals surface area contributed by atoms with E-state index in [4.69, 9.17) is 9.47 Å². The van der Waals surface area contributed by atoms with Crippen molar-refractivity contribution in [3.63, 3.8) is 0 Å². The van der Waals surface area contributed by atoms with Gasteiger partial charge in [-0.25, -0.2) is 13.1 Å². The Kier molecular flexibility index (Phi) is 18.1. The highest BCUT2D eigenvalue weighted by Crippen LogP contribution is 2.42. The molecule has 2 N–H and O–H groups in total. The van der Waals surface area contributed by atoms with E-state index in [0.29, 0.717) is 0 Å². The van der Waals surface area contributed by atoms with Gasteiger partial charge in [0.05, 0.1) is 23.7 Å². The smallest absolute Gasteiger partial charge is 0.240 e. The summed E-state index contributed by atoms with van der Waals surface area (Å²) >= 11 is 0. The van der Waals surface area contributed by atoms with Crippen molar-refractivity contribution in [2.75, 3.05) is 19.6 Å². The van der Waals surface area contributed by atoms with Crippen molar-refractivity contribution in [3.8, 4) is 11.1 Å². The molecule has 0 aromatic heterocycles. The summed E-state index contributed by atoms with van der Waals surface area (Å²) in [6.07, 6.45) is 14.7. The Morgan fingerprint density at radius 3 is 1.88 bits per heavy atom. The van der Waals surface area contributed by atoms with Gasteiger partial charge < -0.3 is 19.5 Å². The van der Waals surface area contributed by atoms with E-state index in [1.165, 1.54) is 77.0 Å². The minimum atomic E-state index is -3.61. The Bertz CT molecular complexity index is 1780. The number of sulfonamides is 1. The molecular formula is C48H66N2O5S. The SMILES string of the molecule is CCCCCCCCN(CCCCCCCC)CC1OC(c2ccc(-c3cccc(CNS(=O)(=O)c4ccccc4)c3)cc2)OC(c2ccc(CO)cc2)C1C. The monoisotopic (exact) mass is 782 g/mol. The van der Waals surface area contributed by atoms with Crippen molar-refractivity contribution in [1.82, 2.24) is 9.62 Å². The van der Waals surface area contributed by atoms with Crippen molar-refractivity contribution in [3.05, 3.63) is 125 Å². The van der Waals surface area contributed by atoms with Crippen LogP contribution in [0, 0.1) is 5.92 Å². The molecule has 304 valence electrons. The third-order valence-electron chi connectivity index (χ3n) is 11.2. The molecule has 1 saturated heterocycles. The molecule has 0 aliphatic carbocycles. The third kappa shape index (κ3) is 13.4. The van der Waals surface area contributed by atoms with Crippen molar-refractivity contribution in [2.45, 2.75) is 134 Å². The summed E-state index contributed by atoms with van der Waals surface area (Å²) in [5, 5.41) is 9.72. The van der Waals surface area contributed by atoms with Crippen LogP contribution in [-0.2, 0) is 32.6 Å². The molecule has 1 heterocycles. The quantitative estimate of drug-likeness (QED) is 0.0688. The van der Waals surface area contributed by atoms with E-state index in [-0.39, 0.29) is 36.2 Å². The summed E-state index contributed by atoms with van der Waals surface area (Å²) < 4.78 is 42.1. The van der Waals surface area contributed by atoms with E-state index in [0.717, 1.165) is 53.0 Å². The first-order valence-electron chi connectivity index (χ1n) is 21.3. The number of ether oxygens (including phenoxy) is 2. The Hall–Kier alpha value is -3.37. The van der Waals surface area contributed by atoms with Crippen LogP contribution in [0.3, 0.4) is 0 Å². The largest absolute Gasteiger partial charge is 0.392 e. The maximum absolute atomic E-state index is 12.8. The minimum absolute atomic E-state index is 0.0140. The molecule has 1 fully saturated rings. The summed E-state index contributed by atoms with van der Waals surface area (Å²) in [6, 6.07) is 33.0. The van der Waals surface area contributed by atoms with E-state index in [1.54, 1.807) is 30.3 Å². The second-order valence-corrected chi connectivity index (χ2v) is 17.4. The number of nitrogens with one attached hydrogen (secondary N) is 1. The van der Waals surface area contributed by atoms with Crippen LogP contribution < -0.4 is 4.72 Å². The normalized spacial score (nSPS) is 18.7. The number of nitrogens with zero attached hydrogens (tertiary/aromatic N) is 1. The van der Waals surface area contributed by atoms with Gasteiger partial charge in [-0.15, -0.1) is 0 Å². The summed E-state index contributed by atoms with van der Waals surface area (Å²) in [6.45, 7) is 10.1. The summed E-state index contributed by atoms with van der Waals surface area (Å²) in [7, 11) is -3.61. The lowest BCUT2D eigenvalue weighted by molar-refractivity contribution is -0.276. The molecule has 4 aromatic carbocycles. The minimum Gasteiger partial charge on any atom is -0.392 e. The Labute approximate surface area is 337 Å². The maximum Gasteiger partial charge on any atom is 0.240 e. The van der Waals surface area contributed by atoms with Gasteiger partial charge >= 0.3 is 0 Å². The standard InChI is InChI=1S/C48H66N2O5S/c1-4-6-8-10-12-17-32-50(33-18-13-11-9-7-5-2)36-46-38(3)47(42-26-24-39(37-51)25-27-42)55-48(54-46)43-30-28-41(29-31-43)44-21-19-20-40(34-44)35-49-56(52,53)45-22-15-14-16-23-45/h14-16,19-31,34,38,46-49,51H,4-13,17-18,32-33,35-37H2,1-3H3. The van der Waals surface area contributed by atoms with Crippen LogP contribution >= 0.6 is 0 Å². The van der Waals surface area contributed by atoms with Gasteiger partial charge in [0.1, 0.15) is 0 Å². The van der Waals surface area contributed by atoms with E-state index in [9.17, 15) is 13.5 Å². The Balaban J connectivity index is 1.31. The summed E-state index contributed by atoms with van der Waals surface area (Å²) in [5.41, 5.74) is 5.87. The highest BCUT2D eigenvalue weighted by molar-refractivity contribution is 7.89. The zero-order valence-electron chi connectivity index (χ0n) is 34.1. The fourth-order valence-corrected chi connectivity index (χ4v) is 8.70. The van der Waals surface area contributed by atoms with Gasteiger partial charge in [-0.2, -0.15) is 0 Å². The molecular weight excluding hydrogens is 717 g/mol. The summed E-state index contributed by atoms with van der Waals surface area (Å²) in [4.78, 5) is 2.91. The van der Waals surface area contributed by atoms with E-state index in [1.807, 2.05) is 36.4 Å². The van der Waals surface area contributed by atoms with Crippen LogP contribution in [0.25, 0.3) is 11.1 Å². The number of hydrogen-bond acceptors (Lipinski definition) is 6. The first kappa shape index (κ1) is 43.7. The van der Waals surface area contributed by atoms with Crippen LogP contribution in [0.5, 0.6) is 0 Å². The van der Waals surface area contributed by atoms with Gasteiger partial charge in [0, 0.05) is 24.6 Å². The lowest BCUT2D eigenvalue weighted by Gasteiger charge is -2.43. The fraction of sp³-hybridized carbons (Fsp3) is 0.500. The van der Waals surface area contributed by atoms with Crippen molar-refractivity contribution in [2.24, 2.45) is 5.92 Å². The van der Waals surface area contributed by atoms with Gasteiger partial charge in [-0.1, -0.05) is 170 Å². The molecule has 4 atom stereocenters. The lowest BCUT2D eigenvalue weighted by Crippen LogP contribution is -2.45. The predicted molar refractivity (Wildman–Crippen MR) is 229 cm³/mol. The lowest BCUT2D eigenvalue weighted by atomic mass is 9.89. The molecule has 0 bridgehead atoms. The van der Waals surface area contributed by atoms with Crippen LogP contribution in [-0.4, -0.2) is 44.2 Å². The van der Waals surface area contributed by atoms with Crippen molar-refractivity contribution in [1.29, 1.82) is 0 Å². The van der Waals surface area contributed by atoms with Crippen LogP contribution in [0.4, 0.5) is 0 Å². The second-order valence-electron chi connectivity index (χ2n) is 15.6. The molecule has 56 heavy (non-hydrogen) atoms. The average molecular weight is 783 g/mol. The molecule has 1 aliphatic heterocycles. The van der Waals surface area contributed by atoms with E-state index >= 15 is 0 Å². The van der Waals surface area contributed by atoms with Gasteiger partial charge in [0.15, 0.2) is 6.29 Å². The maximum atomic E-state index is 12.8. The molecule has 4 aromatic rings. The second kappa shape index (κ2) is 23.1. The molecule has 0 spiro atoms. The molecule has 1 aliphatic rings. The highest BCUT2D eigenvalue weighted by Gasteiger charge is 2.39. The molecule has 7 nitrogen and oxygen atoms in total. The zero-order valence-corrected chi connectivity index (χ0v) is 34.9. The predicted octanol–water partition coefficient (Wildman–Crippen LogP) is 11.1. The molecule has 8 heteroatoms. The zero-order chi connectivity index (χ0) is 39.6. The van der Waals surface area contributed by atoms with E-state index in [2.05, 4.69) is 66.8 Å². The summed E-state index contributed by atoms with van der Waals surface area (Å²) in [5.74, 6) is 0.129. The highest BCUT2D eigenvalue weighted by atomic mass is 32.2. The average Bonchev–Trinajstić information content (AvgIpc) is 3.23. The van der Waals surface area contributed by atoms with Crippen LogP contribution in [0.15, 0.2) is 108 Å². The van der Waals surface area contributed by atoms with Crippen molar-refractivity contribution < 1.29 is 23.0 Å². The number of aliphatic hydroxyl groups is 1. The topological polar surface area (TPSA) is 88.1 Å². The third-order valence-corrected chi connectivity index (χ3v) is 12.6. The van der Waals surface area contributed by atoms with Crippen LogP contribution in [0.1, 0.15) is 132 Å². The Morgan fingerprint density at radius 1 is 0.643 bits per heavy atom. The molecule has 0 radical (unpaired) electrons. The first-order chi connectivity index (χ1) is 27.3. The molecule has 5 rings (SSSR count). The first-order valence-corrected chi connectivity index (χ1v) is 22.8. The van der Waals surface area contributed by atoms with Gasteiger partial charge in [0.2, 0.25) is 10.0 Å². The fourth-order valence-electron chi connectivity index (χ4n) is 7.66. The molecule has 4 unspecified atom stereocenters.